The molecule has 0 fully saturated rings. The van der Waals surface area contributed by atoms with E-state index in [9.17, 15) is 0 Å². The Hall–Kier alpha value is -4.11. The summed E-state index contributed by atoms with van der Waals surface area (Å²) in [5.74, 6) is 1.15. The summed E-state index contributed by atoms with van der Waals surface area (Å²) < 4.78 is 27.1. The number of ether oxygens (including phenoxy) is 2. The number of hydrogen-bond acceptors (Lipinski definition) is 2. The normalized spacial score (nSPS) is 17.0. The molecule has 5 aromatic rings. The minimum atomic E-state index is -1.09. The highest BCUT2D eigenvalue weighted by molar-refractivity contribution is 6.03. The standard InChI is InChI=1S/C30H21FO2/c1-32-24-13-11-23(12-14-24)30(27-8-4-5-9-28(27)31)17-16-25-26-19-21-7-3-2-6-20(21)18-22(26)10-15-29(25)33-30/h2-19H,1H3/t30-/m1/s1. The van der Waals surface area contributed by atoms with Gasteiger partial charge in [-0.1, -0.05) is 60.7 Å². The molecule has 1 aliphatic rings. The van der Waals surface area contributed by atoms with E-state index < -0.39 is 5.60 Å². The van der Waals surface area contributed by atoms with E-state index >= 15 is 4.39 Å². The second-order valence-electron chi connectivity index (χ2n) is 8.28. The zero-order valence-corrected chi connectivity index (χ0v) is 18.1. The van der Waals surface area contributed by atoms with Crippen molar-refractivity contribution >= 4 is 27.6 Å². The van der Waals surface area contributed by atoms with Gasteiger partial charge in [-0.15, -0.1) is 0 Å². The maximum absolute atomic E-state index is 15.1. The van der Waals surface area contributed by atoms with Crippen molar-refractivity contribution in [1.29, 1.82) is 0 Å². The van der Waals surface area contributed by atoms with Crippen LogP contribution >= 0.6 is 0 Å². The fourth-order valence-corrected chi connectivity index (χ4v) is 4.74. The molecular formula is C30H21FO2. The van der Waals surface area contributed by atoms with E-state index in [4.69, 9.17) is 9.47 Å². The summed E-state index contributed by atoms with van der Waals surface area (Å²) in [4.78, 5) is 0. The van der Waals surface area contributed by atoms with Crippen LogP contribution in [0.25, 0.3) is 27.6 Å². The lowest BCUT2D eigenvalue weighted by molar-refractivity contribution is 0.156. The third-order valence-corrected chi connectivity index (χ3v) is 6.44. The van der Waals surface area contributed by atoms with Gasteiger partial charge < -0.3 is 9.47 Å². The molecule has 0 radical (unpaired) electrons. The summed E-state index contributed by atoms with van der Waals surface area (Å²) >= 11 is 0. The molecule has 6 rings (SSSR count). The highest BCUT2D eigenvalue weighted by Crippen LogP contribution is 2.45. The zero-order valence-electron chi connectivity index (χ0n) is 18.1. The third-order valence-electron chi connectivity index (χ3n) is 6.44. The Morgan fingerprint density at radius 1 is 0.758 bits per heavy atom. The molecule has 0 aromatic heterocycles. The highest BCUT2D eigenvalue weighted by Gasteiger charge is 2.39. The molecule has 0 N–H and O–H groups in total. The van der Waals surface area contributed by atoms with Gasteiger partial charge in [0.25, 0.3) is 0 Å². The summed E-state index contributed by atoms with van der Waals surface area (Å²) in [5.41, 5.74) is 1.21. The summed E-state index contributed by atoms with van der Waals surface area (Å²) in [5, 5.41) is 4.63. The van der Waals surface area contributed by atoms with E-state index in [0.717, 1.165) is 33.4 Å². The van der Waals surface area contributed by atoms with Crippen molar-refractivity contribution in [2.24, 2.45) is 0 Å². The average Bonchev–Trinajstić information content (AvgIpc) is 2.87. The van der Waals surface area contributed by atoms with Crippen LogP contribution in [0.3, 0.4) is 0 Å². The Labute approximate surface area is 191 Å². The minimum absolute atomic E-state index is 0.312. The average molecular weight is 432 g/mol. The summed E-state index contributed by atoms with van der Waals surface area (Å²) in [6.07, 6.45) is 4.02. The van der Waals surface area contributed by atoms with Crippen LogP contribution < -0.4 is 9.47 Å². The molecule has 0 aliphatic carbocycles. The predicted molar refractivity (Wildman–Crippen MR) is 131 cm³/mol. The van der Waals surface area contributed by atoms with Crippen LogP contribution in [-0.4, -0.2) is 7.11 Å². The topological polar surface area (TPSA) is 18.5 Å². The Morgan fingerprint density at radius 3 is 2.24 bits per heavy atom. The van der Waals surface area contributed by atoms with Crippen molar-refractivity contribution in [2.75, 3.05) is 7.11 Å². The first kappa shape index (κ1) is 19.6. The first-order valence-corrected chi connectivity index (χ1v) is 10.9. The molecule has 160 valence electrons. The summed E-state index contributed by atoms with van der Waals surface area (Å²) in [7, 11) is 1.63. The quantitative estimate of drug-likeness (QED) is 0.275. The molecule has 0 saturated heterocycles. The molecule has 1 aliphatic heterocycles. The first-order valence-electron chi connectivity index (χ1n) is 10.9. The molecule has 2 nitrogen and oxygen atoms in total. The lowest BCUT2D eigenvalue weighted by atomic mass is 9.82. The van der Waals surface area contributed by atoms with Gasteiger partial charge in [0.05, 0.1) is 7.11 Å². The Balaban J connectivity index is 1.57. The molecule has 33 heavy (non-hydrogen) atoms. The number of methoxy groups -OCH3 is 1. The van der Waals surface area contributed by atoms with Gasteiger partial charge >= 0.3 is 0 Å². The molecule has 0 spiro atoms. The van der Waals surface area contributed by atoms with Crippen LogP contribution in [0.5, 0.6) is 11.5 Å². The smallest absolute Gasteiger partial charge is 0.180 e. The van der Waals surface area contributed by atoms with Gasteiger partial charge in [0.2, 0.25) is 0 Å². The Kier molecular flexibility index (Phi) is 4.44. The highest BCUT2D eigenvalue weighted by atomic mass is 19.1. The summed E-state index contributed by atoms with van der Waals surface area (Å²) in [6.45, 7) is 0. The van der Waals surface area contributed by atoms with E-state index in [-0.39, 0.29) is 5.82 Å². The van der Waals surface area contributed by atoms with Crippen LogP contribution in [0.1, 0.15) is 16.7 Å². The van der Waals surface area contributed by atoms with Crippen LogP contribution in [0, 0.1) is 5.82 Å². The number of rotatable bonds is 3. The zero-order chi connectivity index (χ0) is 22.4. The fraction of sp³-hybridized carbons (Fsp3) is 0.0667. The monoisotopic (exact) mass is 432 g/mol. The van der Waals surface area contributed by atoms with Crippen molar-refractivity contribution in [1.82, 2.24) is 0 Å². The molecule has 0 amide bonds. The van der Waals surface area contributed by atoms with Crippen LogP contribution in [0.2, 0.25) is 0 Å². The van der Waals surface area contributed by atoms with Crippen molar-refractivity contribution < 1.29 is 13.9 Å². The number of benzene rings is 5. The fourth-order valence-electron chi connectivity index (χ4n) is 4.74. The maximum Gasteiger partial charge on any atom is 0.180 e. The van der Waals surface area contributed by atoms with Gasteiger partial charge in [-0.05, 0) is 70.1 Å². The predicted octanol–water partition coefficient (Wildman–Crippen LogP) is 7.49. The largest absolute Gasteiger partial charge is 0.497 e. The second kappa shape index (κ2) is 7.49. The van der Waals surface area contributed by atoms with E-state index in [0.29, 0.717) is 5.56 Å². The van der Waals surface area contributed by atoms with Gasteiger partial charge in [-0.25, -0.2) is 4.39 Å². The lowest BCUT2D eigenvalue weighted by Crippen LogP contribution is -2.35. The van der Waals surface area contributed by atoms with Gasteiger partial charge in [-0.3, -0.25) is 0 Å². The molecule has 0 bridgehead atoms. The molecule has 0 saturated carbocycles. The molecule has 1 atom stereocenters. The number of halogens is 1. The minimum Gasteiger partial charge on any atom is -0.497 e. The second-order valence-corrected chi connectivity index (χ2v) is 8.28. The molecule has 0 unspecified atom stereocenters. The van der Waals surface area contributed by atoms with Crippen molar-refractivity contribution in [2.45, 2.75) is 5.60 Å². The van der Waals surface area contributed by atoms with Crippen molar-refractivity contribution in [3.05, 3.63) is 126 Å². The van der Waals surface area contributed by atoms with Crippen LogP contribution in [0.4, 0.5) is 4.39 Å². The number of hydrogen-bond donors (Lipinski definition) is 0. The SMILES string of the molecule is COc1ccc([C@@]2(c3ccccc3F)C=Cc3c(ccc4cc5ccccc5cc34)O2)cc1. The van der Waals surface area contributed by atoms with Crippen LogP contribution in [0.15, 0.2) is 103 Å². The van der Waals surface area contributed by atoms with Crippen molar-refractivity contribution in [3.8, 4) is 11.5 Å². The van der Waals surface area contributed by atoms with Gasteiger partial charge in [0.1, 0.15) is 17.3 Å². The van der Waals surface area contributed by atoms with E-state index in [1.807, 2.05) is 54.6 Å². The van der Waals surface area contributed by atoms with E-state index in [1.54, 1.807) is 19.2 Å². The van der Waals surface area contributed by atoms with Gasteiger partial charge in [-0.2, -0.15) is 0 Å². The van der Waals surface area contributed by atoms with Crippen molar-refractivity contribution in [3.63, 3.8) is 0 Å². The Morgan fingerprint density at radius 2 is 1.48 bits per heavy atom. The lowest BCUT2D eigenvalue weighted by Gasteiger charge is -2.36. The van der Waals surface area contributed by atoms with Gasteiger partial charge in [0.15, 0.2) is 5.60 Å². The molecule has 1 heterocycles. The molecule has 3 heteroatoms. The Bertz CT molecular complexity index is 1540. The first-order chi connectivity index (χ1) is 16.2. The van der Waals surface area contributed by atoms with E-state index in [1.165, 1.54) is 16.8 Å². The summed E-state index contributed by atoms with van der Waals surface area (Å²) in [6, 6.07) is 31.1. The van der Waals surface area contributed by atoms with Gasteiger partial charge in [0, 0.05) is 16.7 Å². The molecular weight excluding hydrogens is 411 g/mol. The maximum atomic E-state index is 15.1. The molecule has 5 aromatic carbocycles. The van der Waals surface area contributed by atoms with Crippen LogP contribution in [-0.2, 0) is 5.60 Å². The third kappa shape index (κ3) is 3.08. The van der Waals surface area contributed by atoms with E-state index in [2.05, 4.69) is 36.4 Å². The number of fused-ring (bicyclic) bond motifs is 4.